The van der Waals surface area contributed by atoms with E-state index < -0.39 is 11.5 Å². The summed E-state index contributed by atoms with van der Waals surface area (Å²) >= 11 is 0. The Kier molecular flexibility index (Phi) is 4.11. The van der Waals surface area contributed by atoms with Gasteiger partial charge >= 0.3 is 5.97 Å². The van der Waals surface area contributed by atoms with Crippen LogP contribution >= 0.6 is 0 Å². The van der Waals surface area contributed by atoms with Crippen molar-refractivity contribution in [1.82, 2.24) is 9.78 Å². The minimum Gasteiger partial charge on any atom is -0.479 e. The van der Waals surface area contributed by atoms with E-state index in [1.54, 1.807) is 13.8 Å². The van der Waals surface area contributed by atoms with Crippen LogP contribution in [0.3, 0.4) is 0 Å². The SMILES string of the molecule is CC(C)CC(=O)Nc1cnn(C(C)(C)C(=O)O)c1. The van der Waals surface area contributed by atoms with Crippen LogP contribution in [0.1, 0.15) is 34.1 Å². The van der Waals surface area contributed by atoms with E-state index >= 15 is 0 Å². The predicted octanol–water partition coefficient (Wildman–Crippen LogP) is 1.69. The Balaban J connectivity index is 2.75. The first-order valence-electron chi connectivity index (χ1n) is 5.82. The topological polar surface area (TPSA) is 84.2 Å². The second-order valence-corrected chi connectivity index (χ2v) is 5.18. The fraction of sp³-hybridized carbons (Fsp3) is 0.583. The smallest absolute Gasteiger partial charge is 0.331 e. The Hall–Kier alpha value is -1.85. The van der Waals surface area contributed by atoms with E-state index in [0.717, 1.165) is 0 Å². The average Bonchev–Trinajstić information content (AvgIpc) is 2.64. The Labute approximate surface area is 106 Å². The van der Waals surface area contributed by atoms with E-state index in [1.807, 2.05) is 13.8 Å². The number of nitrogens with one attached hydrogen (secondary N) is 1. The lowest BCUT2D eigenvalue weighted by atomic mass is 10.1. The summed E-state index contributed by atoms with van der Waals surface area (Å²) in [5.41, 5.74) is -0.629. The zero-order chi connectivity index (χ0) is 13.9. The van der Waals surface area contributed by atoms with Gasteiger partial charge in [0.2, 0.25) is 5.91 Å². The van der Waals surface area contributed by atoms with Crippen molar-refractivity contribution in [3.05, 3.63) is 12.4 Å². The molecule has 0 aliphatic heterocycles. The number of hydrogen-bond donors (Lipinski definition) is 2. The number of carboxylic acids is 1. The molecule has 100 valence electrons. The maximum atomic E-state index is 11.6. The summed E-state index contributed by atoms with van der Waals surface area (Å²) in [7, 11) is 0. The van der Waals surface area contributed by atoms with Crippen molar-refractivity contribution in [3.63, 3.8) is 0 Å². The van der Waals surface area contributed by atoms with Crippen molar-refractivity contribution in [2.75, 3.05) is 5.32 Å². The fourth-order valence-electron chi connectivity index (χ4n) is 1.37. The molecule has 0 saturated heterocycles. The van der Waals surface area contributed by atoms with Gasteiger partial charge in [-0.2, -0.15) is 5.10 Å². The molecule has 0 spiro atoms. The minimum absolute atomic E-state index is 0.0994. The third-order valence-corrected chi connectivity index (χ3v) is 2.56. The number of carbonyl (C=O) groups excluding carboxylic acids is 1. The van der Waals surface area contributed by atoms with Crippen LogP contribution in [-0.2, 0) is 15.1 Å². The van der Waals surface area contributed by atoms with Crippen molar-refractivity contribution in [3.8, 4) is 0 Å². The lowest BCUT2D eigenvalue weighted by Crippen LogP contribution is -2.35. The minimum atomic E-state index is -1.14. The third-order valence-electron chi connectivity index (χ3n) is 2.56. The second kappa shape index (κ2) is 5.20. The number of carboxylic acid groups (broad SMARTS) is 1. The van der Waals surface area contributed by atoms with Gasteiger partial charge < -0.3 is 10.4 Å². The standard InChI is InChI=1S/C12H19N3O3/c1-8(2)5-10(16)14-9-6-13-15(7-9)12(3,4)11(17)18/h6-8H,5H2,1-4H3,(H,14,16)(H,17,18). The number of rotatable bonds is 5. The molecule has 18 heavy (non-hydrogen) atoms. The molecule has 0 aliphatic rings. The maximum Gasteiger partial charge on any atom is 0.331 e. The molecule has 6 heteroatoms. The van der Waals surface area contributed by atoms with Crippen molar-refractivity contribution in [2.45, 2.75) is 39.7 Å². The first kappa shape index (κ1) is 14.2. The highest BCUT2D eigenvalue weighted by molar-refractivity contribution is 5.90. The van der Waals surface area contributed by atoms with Crippen molar-refractivity contribution in [2.24, 2.45) is 5.92 Å². The largest absolute Gasteiger partial charge is 0.479 e. The van der Waals surface area contributed by atoms with Crippen LogP contribution in [0.15, 0.2) is 12.4 Å². The van der Waals surface area contributed by atoms with E-state index in [-0.39, 0.29) is 11.8 Å². The molecule has 0 fully saturated rings. The molecule has 0 saturated carbocycles. The predicted molar refractivity (Wildman–Crippen MR) is 67.3 cm³/mol. The highest BCUT2D eigenvalue weighted by Gasteiger charge is 2.30. The molecule has 0 bridgehead atoms. The van der Waals surface area contributed by atoms with Gasteiger partial charge in [0.25, 0.3) is 0 Å². The average molecular weight is 253 g/mol. The number of anilines is 1. The van der Waals surface area contributed by atoms with Crippen LogP contribution in [0, 0.1) is 5.92 Å². The molecule has 0 radical (unpaired) electrons. The number of aliphatic carboxylic acids is 1. The number of amides is 1. The Morgan fingerprint density at radius 3 is 2.61 bits per heavy atom. The van der Waals surface area contributed by atoms with Gasteiger partial charge in [-0.25, -0.2) is 4.79 Å². The molecule has 1 aromatic heterocycles. The van der Waals surface area contributed by atoms with Crippen LogP contribution in [0.2, 0.25) is 0 Å². The summed E-state index contributed by atoms with van der Waals surface area (Å²) in [6, 6.07) is 0. The Morgan fingerprint density at radius 2 is 2.11 bits per heavy atom. The summed E-state index contributed by atoms with van der Waals surface area (Å²) in [6.45, 7) is 7.00. The van der Waals surface area contributed by atoms with Crippen molar-refractivity contribution >= 4 is 17.6 Å². The summed E-state index contributed by atoms with van der Waals surface area (Å²) in [6.07, 6.45) is 3.39. The lowest BCUT2D eigenvalue weighted by molar-refractivity contribution is -0.146. The molecular formula is C12H19N3O3. The van der Waals surface area contributed by atoms with Crippen molar-refractivity contribution in [1.29, 1.82) is 0 Å². The van der Waals surface area contributed by atoms with Gasteiger partial charge in [-0.1, -0.05) is 13.8 Å². The molecule has 1 rings (SSSR count). The maximum absolute atomic E-state index is 11.6. The van der Waals surface area contributed by atoms with Gasteiger partial charge in [-0.3, -0.25) is 9.48 Å². The highest BCUT2D eigenvalue weighted by atomic mass is 16.4. The van der Waals surface area contributed by atoms with Gasteiger partial charge in [-0.05, 0) is 19.8 Å². The molecule has 0 aromatic carbocycles. The van der Waals surface area contributed by atoms with Crippen LogP contribution < -0.4 is 5.32 Å². The van der Waals surface area contributed by atoms with Gasteiger partial charge in [0.15, 0.2) is 5.54 Å². The van der Waals surface area contributed by atoms with E-state index in [4.69, 9.17) is 5.11 Å². The Bertz CT molecular complexity index is 449. The zero-order valence-electron chi connectivity index (χ0n) is 11.1. The number of aromatic nitrogens is 2. The van der Waals surface area contributed by atoms with Crippen molar-refractivity contribution < 1.29 is 14.7 Å². The normalized spacial score (nSPS) is 11.6. The molecule has 1 heterocycles. The van der Waals surface area contributed by atoms with Gasteiger partial charge in [0, 0.05) is 12.6 Å². The molecule has 0 atom stereocenters. The summed E-state index contributed by atoms with van der Waals surface area (Å²) in [5, 5.41) is 15.7. The molecule has 1 amide bonds. The monoisotopic (exact) mass is 253 g/mol. The highest BCUT2D eigenvalue weighted by Crippen LogP contribution is 2.17. The fourth-order valence-corrected chi connectivity index (χ4v) is 1.37. The van der Waals surface area contributed by atoms with E-state index in [0.29, 0.717) is 12.1 Å². The van der Waals surface area contributed by atoms with Crippen LogP contribution in [0.25, 0.3) is 0 Å². The molecule has 2 N–H and O–H groups in total. The summed E-state index contributed by atoms with van der Waals surface area (Å²) < 4.78 is 1.32. The lowest BCUT2D eigenvalue weighted by Gasteiger charge is -2.19. The quantitative estimate of drug-likeness (QED) is 0.836. The first-order valence-corrected chi connectivity index (χ1v) is 5.82. The van der Waals surface area contributed by atoms with Crippen LogP contribution in [0.5, 0.6) is 0 Å². The molecule has 0 unspecified atom stereocenters. The molecule has 6 nitrogen and oxygen atoms in total. The van der Waals surface area contributed by atoms with Gasteiger partial charge in [-0.15, -0.1) is 0 Å². The molecule has 1 aromatic rings. The van der Waals surface area contributed by atoms with E-state index in [9.17, 15) is 9.59 Å². The van der Waals surface area contributed by atoms with Crippen LogP contribution in [0.4, 0.5) is 5.69 Å². The number of nitrogens with zero attached hydrogens (tertiary/aromatic N) is 2. The molecule has 0 aliphatic carbocycles. The van der Waals surface area contributed by atoms with Gasteiger partial charge in [0.05, 0.1) is 11.9 Å². The third kappa shape index (κ3) is 3.32. The first-order chi connectivity index (χ1) is 8.23. The second-order valence-electron chi connectivity index (χ2n) is 5.18. The molecular weight excluding hydrogens is 234 g/mol. The van der Waals surface area contributed by atoms with E-state index in [2.05, 4.69) is 10.4 Å². The Morgan fingerprint density at radius 1 is 1.50 bits per heavy atom. The zero-order valence-corrected chi connectivity index (χ0v) is 11.1. The van der Waals surface area contributed by atoms with Gasteiger partial charge in [0.1, 0.15) is 0 Å². The summed E-state index contributed by atoms with van der Waals surface area (Å²) in [4.78, 5) is 22.6. The summed E-state index contributed by atoms with van der Waals surface area (Å²) in [5.74, 6) is -0.807. The van der Waals surface area contributed by atoms with E-state index in [1.165, 1.54) is 17.1 Å². The number of hydrogen-bond acceptors (Lipinski definition) is 3. The number of carbonyl (C=O) groups is 2. The van der Waals surface area contributed by atoms with Crippen LogP contribution in [-0.4, -0.2) is 26.8 Å².